The largest absolute Gasteiger partial charge is 0.337 e. The number of benzene rings is 1. The lowest BCUT2D eigenvalue weighted by Gasteiger charge is -2.18. The summed E-state index contributed by atoms with van der Waals surface area (Å²) in [5.41, 5.74) is 2.00. The summed E-state index contributed by atoms with van der Waals surface area (Å²) in [4.78, 5) is 14.7. The highest BCUT2D eigenvalue weighted by Crippen LogP contribution is 2.38. The fourth-order valence-corrected chi connectivity index (χ4v) is 4.02. The van der Waals surface area contributed by atoms with E-state index in [0.717, 1.165) is 30.7 Å². The summed E-state index contributed by atoms with van der Waals surface area (Å²) >= 11 is 0. The molecule has 5 heteroatoms. The van der Waals surface area contributed by atoms with Gasteiger partial charge in [0.1, 0.15) is 11.0 Å². The number of carbonyl (C=O) groups excluding carboxylic acids is 1. The van der Waals surface area contributed by atoms with Gasteiger partial charge in [0.05, 0.1) is 10.7 Å². The van der Waals surface area contributed by atoms with E-state index >= 15 is 0 Å². The monoisotopic (exact) mass is 332 g/mol. The fraction of sp³-hybridized carbons (Fsp3) is 0.556. The molecule has 1 aliphatic heterocycles. The Balaban J connectivity index is 1.75. The molecule has 23 heavy (non-hydrogen) atoms. The van der Waals surface area contributed by atoms with Crippen molar-refractivity contribution < 1.29 is 9.00 Å². The van der Waals surface area contributed by atoms with Crippen LogP contribution in [0.3, 0.4) is 0 Å². The van der Waals surface area contributed by atoms with E-state index in [2.05, 4.69) is 4.40 Å². The van der Waals surface area contributed by atoms with Gasteiger partial charge < -0.3 is 4.90 Å². The molecule has 1 saturated carbocycles. The van der Waals surface area contributed by atoms with Crippen LogP contribution in [0.5, 0.6) is 0 Å². The Morgan fingerprint density at radius 1 is 1.26 bits per heavy atom. The number of carbonyl (C=O) groups is 1. The van der Waals surface area contributed by atoms with E-state index < -0.39 is 11.0 Å². The average Bonchev–Trinajstić information content (AvgIpc) is 3.01. The molecule has 3 atom stereocenters. The first-order valence-electron chi connectivity index (χ1n) is 8.18. The van der Waals surface area contributed by atoms with Crippen molar-refractivity contribution in [2.45, 2.75) is 44.9 Å². The van der Waals surface area contributed by atoms with E-state index in [4.69, 9.17) is 0 Å². The molecule has 3 rings (SSSR count). The number of hydrogen-bond donors (Lipinski definition) is 0. The standard InChI is InChI=1S/C18H24N2O2S/c1-18(2,3)23(22)19-15-10-9-14-12-20(17(21)16(14)15)11-13-7-5-4-6-8-13/h4-8,14,16H,9-12H2,1-3H3/t14-,16+,23+/m1/s1. The molecule has 1 saturated heterocycles. The van der Waals surface area contributed by atoms with Gasteiger partial charge in [0, 0.05) is 18.8 Å². The highest BCUT2D eigenvalue weighted by molar-refractivity contribution is 7.85. The number of hydrogen-bond acceptors (Lipinski definition) is 2. The molecular weight excluding hydrogens is 308 g/mol. The third-order valence-electron chi connectivity index (χ3n) is 4.57. The van der Waals surface area contributed by atoms with Gasteiger partial charge in [0.25, 0.3) is 0 Å². The predicted molar refractivity (Wildman–Crippen MR) is 93.4 cm³/mol. The van der Waals surface area contributed by atoms with Crippen molar-refractivity contribution in [1.29, 1.82) is 0 Å². The van der Waals surface area contributed by atoms with Crippen LogP contribution in [0.25, 0.3) is 0 Å². The minimum absolute atomic E-state index is 0.148. The molecule has 0 spiro atoms. The van der Waals surface area contributed by atoms with Gasteiger partial charge in [0.2, 0.25) is 5.91 Å². The van der Waals surface area contributed by atoms with Gasteiger partial charge in [-0.25, -0.2) is 4.21 Å². The van der Waals surface area contributed by atoms with Gasteiger partial charge in [0.15, 0.2) is 0 Å². The summed E-state index contributed by atoms with van der Waals surface area (Å²) in [5, 5.41) is 0. The van der Waals surface area contributed by atoms with E-state index in [0.29, 0.717) is 12.5 Å². The third-order valence-corrected chi connectivity index (χ3v) is 6.02. The Hall–Kier alpha value is -1.49. The molecule has 124 valence electrons. The maximum Gasteiger partial charge on any atom is 0.232 e. The summed E-state index contributed by atoms with van der Waals surface area (Å²) in [7, 11) is -1.28. The van der Waals surface area contributed by atoms with Crippen molar-refractivity contribution in [3.8, 4) is 0 Å². The van der Waals surface area contributed by atoms with Crippen LogP contribution in [0.4, 0.5) is 0 Å². The molecule has 1 amide bonds. The lowest BCUT2D eigenvalue weighted by atomic mass is 9.99. The van der Waals surface area contributed by atoms with Gasteiger partial charge in [-0.05, 0) is 45.1 Å². The molecule has 0 unspecified atom stereocenters. The summed E-state index contributed by atoms with van der Waals surface area (Å²) < 4.78 is 16.3. The van der Waals surface area contributed by atoms with Crippen molar-refractivity contribution >= 4 is 22.6 Å². The second-order valence-electron chi connectivity index (χ2n) is 7.42. The van der Waals surface area contributed by atoms with Gasteiger partial charge in [-0.3, -0.25) is 4.79 Å². The van der Waals surface area contributed by atoms with Crippen molar-refractivity contribution in [1.82, 2.24) is 4.90 Å². The molecule has 4 nitrogen and oxygen atoms in total. The van der Waals surface area contributed by atoms with Crippen molar-refractivity contribution in [3.05, 3.63) is 35.9 Å². The summed E-state index contributed by atoms with van der Waals surface area (Å²) in [6, 6.07) is 10.1. The van der Waals surface area contributed by atoms with Crippen LogP contribution in [0, 0.1) is 11.8 Å². The zero-order valence-electron chi connectivity index (χ0n) is 14.0. The SMILES string of the molecule is CC(C)(C)[S@](=O)N=C1CC[C@@H]2CN(Cc3ccccc3)C(=O)[C@H]12. The van der Waals surface area contributed by atoms with Gasteiger partial charge in [-0.2, -0.15) is 4.40 Å². The molecule has 1 aliphatic carbocycles. The van der Waals surface area contributed by atoms with Crippen LogP contribution in [0.15, 0.2) is 34.7 Å². The minimum Gasteiger partial charge on any atom is -0.337 e. The number of nitrogens with zero attached hydrogens (tertiary/aromatic N) is 2. The zero-order valence-corrected chi connectivity index (χ0v) is 14.8. The molecule has 2 aliphatic rings. The Morgan fingerprint density at radius 2 is 1.96 bits per heavy atom. The van der Waals surface area contributed by atoms with Crippen LogP contribution in [0.1, 0.15) is 39.2 Å². The number of fused-ring (bicyclic) bond motifs is 1. The molecular formula is C18H24N2O2S. The Bertz CT molecular complexity index is 649. The first-order chi connectivity index (χ1) is 10.9. The van der Waals surface area contributed by atoms with E-state index in [9.17, 15) is 9.00 Å². The molecule has 1 aromatic carbocycles. The molecule has 0 bridgehead atoms. The van der Waals surface area contributed by atoms with Gasteiger partial charge in [-0.15, -0.1) is 0 Å². The highest BCUT2D eigenvalue weighted by Gasteiger charge is 2.47. The molecule has 0 radical (unpaired) electrons. The van der Waals surface area contributed by atoms with Crippen molar-refractivity contribution in [2.24, 2.45) is 16.2 Å². The fourth-order valence-electron chi connectivity index (χ4n) is 3.33. The Kier molecular flexibility index (Phi) is 4.41. The summed E-state index contributed by atoms with van der Waals surface area (Å²) in [6.07, 6.45) is 1.78. The van der Waals surface area contributed by atoms with E-state index in [1.807, 2.05) is 56.0 Å². The number of rotatable bonds is 3. The van der Waals surface area contributed by atoms with Crippen molar-refractivity contribution in [2.75, 3.05) is 6.54 Å². The van der Waals surface area contributed by atoms with Crippen molar-refractivity contribution in [3.63, 3.8) is 0 Å². The second kappa shape index (κ2) is 6.19. The Morgan fingerprint density at radius 3 is 2.61 bits per heavy atom. The van der Waals surface area contributed by atoms with E-state index in [1.165, 1.54) is 0 Å². The number of amides is 1. The predicted octanol–water partition coefficient (Wildman–Crippen LogP) is 2.96. The quantitative estimate of drug-likeness (QED) is 0.854. The van der Waals surface area contributed by atoms with Crippen LogP contribution >= 0.6 is 0 Å². The maximum absolute atomic E-state index is 12.8. The topological polar surface area (TPSA) is 49.7 Å². The smallest absolute Gasteiger partial charge is 0.232 e. The van der Waals surface area contributed by atoms with Gasteiger partial charge >= 0.3 is 0 Å². The molecule has 0 aromatic heterocycles. The molecule has 2 fully saturated rings. The minimum atomic E-state index is -1.28. The lowest BCUT2D eigenvalue weighted by molar-refractivity contribution is -0.129. The Labute approximate surface area is 140 Å². The normalized spacial score (nSPS) is 27.5. The zero-order chi connectivity index (χ0) is 16.6. The first kappa shape index (κ1) is 16.4. The molecule has 0 N–H and O–H groups in total. The summed E-state index contributed by atoms with van der Waals surface area (Å²) in [6.45, 7) is 7.19. The lowest BCUT2D eigenvalue weighted by Crippen LogP contribution is -2.30. The van der Waals surface area contributed by atoms with E-state index in [1.54, 1.807) is 0 Å². The summed E-state index contributed by atoms with van der Waals surface area (Å²) in [5.74, 6) is 0.341. The molecule has 1 aromatic rings. The maximum atomic E-state index is 12.8. The van der Waals surface area contributed by atoms with Gasteiger partial charge in [-0.1, -0.05) is 30.3 Å². The average molecular weight is 332 g/mol. The number of likely N-dealkylation sites (tertiary alicyclic amines) is 1. The highest BCUT2D eigenvalue weighted by atomic mass is 32.2. The second-order valence-corrected chi connectivity index (χ2v) is 9.33. The molecule has 1 heterocycles. The third kappa shape index (κ3) is 3.39. The van der Waals surface area contributed by atoms with E-state index in [-0.39, 0.29) is 16.6 Å². The van der Waals surface area contributed by atoms with Crippen LogP contribution in [-0.2, 0) is 22.3 Å². The van der Waals surface area contributed by atoms with Crippen LogP contribution < -0.4 is 0 Å². The first-order valence-corrected chi connectivity index (χ1v) is 9.29. The van der Waals surface area contributed by atoms with Crippen LogP contribution in [-0.4, -0.2) is 32.0 Å². The van der Waals surface area contributed by atoms with Crippen LogP contribution in [0.2, 0.25) is 0 Å².